The largest absolute Gasteiger partial charge is 0.0836 e. The highest BCUT2D eigenvalue weighted by Gasteiger charge is 2.30. The van der Waals surface area contributed by atoms with Crippen LogP contribution < -0.4 is 0 Å². The van der Waals surface area contributed by atoms with Crippen LogP contribution in [-0.4, -0.2) is 0 Å². The Balaban J connectivity index is 0.000000126. The number of benzene rings is 5. The molecule has 0 N–H and O–H groups in total. The van der Waals surface area contributed by atoms with Crippen LogP contribution in [0.2, 0.25) is 0 Å². The Labute approximate surface area is 505 Å². The summed E-state index contributed by atoms with van der Waals surface area (Å²) in [5, 5.41) is 0. The third-order valence-corrected chi connectivity index (χ3v) is 19.8. The van der Waals surface area contributed by atoms with E-state index >= 15 is 0 Å². The molecular formula is C84H88. The maximum absolute atomic E-state index is 2.45. The van der Waals surface area contributed by atoms with Crippen LogP contribution in [0.4, 0.5) is 0 Å². The van der Waals surface area contributed by atoms with Crippen LogP contribution in [0, 0.1) is 44.4 Å². The molecule has 0 saturated heterocycles. The summed E-state index contributed by atoms with van der Waals surface area (Å²) in [5.41, 5.74) is 30.1. The highest BCUT2D eigenvalue weighted by Crippen LogP contribution is 2.45. The van der Waals surface area contributed by atoms with E-state index in [0.717, 1.165) is 43.4 Å². The Morgan fingerprint density at radius 1 is 0.405 bits per heavy atom. The molecule has 9 aliphatic rings. The second-order valence-corrected chi connectivity index (χ2v) is 25.7. The minimum atomic E-state index is 0.395. The van der Waals surface area contributed by atoms with Crippen LogP contribution in [-0.2, 0) is 25.7 Å². The van der Waals surface area contributed by atoms with Crippen LogP contribution in [0.25, 0.3) is 11.1 Å². The third-order valence-electron chi connectivity index (χ3n) is 19.8. The second kappa shape index (κ2) is 26.6. The van der Waals surface area contributed by atoms with Crippen molar-refractivity contribution < 1.29 is 0 Å². The highest BCUT2D eigenvalue weighted by molar-refractivity contribution is 5.80. The van der Waals surface area contributed by atoms with Crippen molar-refractivity contribution in [2.24, 2.45) is 23.7 Å². The average Bonchev–Trinajstić information content (AvgIpc) is 4.51. The lowest BCUT2D eigenvalue weighted by Gasteiger charge is -2.28. The molecule has 84 heavy (non-hydrogen) atoms. The molecule has 14 rings (SSSR count). The molecular weight excluding hydrogens is 1010 g/mol. The summed E-state index contributed by atoms with van der Waals surface area (Å²) in [6, 6.07) is 43.8. The molecule has 9 aliphatic carbocycles. The number of hydrogen-bond acceptors (Lipinski definition) is 0. The van der Waals surface area contributed by atoms with Crippen LogP contribution in [0.3, 0.4) is 0 Å². The number of aryl methyl sites for hydroxylation is 4. The lowest BCUT2D eigenvalue weighted by molar-refractivity contribution is 0.347. The normalized spacial score (nSPS) is 22.8. The smallest absolute Gasteiger partial charge is 0.0281 e. The SMILES string of the molecule is CCc1ccc(C2=CC=C(Cc3ccc(C4CCC(C)CC4)c(C)c3)C3=CC=CC32)cc1.Cc1ccc(C2=CC=C(Cc3ccc(C4CCCCC4)cc3)C3=CC=CC32)cc1.Cc1ccc(CC2=CC=C(C3=CCCC=C3)C3C=CC=C23)cc1. The quantitative estimate of drug-likeness (QED) is 0.117. The monoisotopic (exact) mass is 1100 g/mol. The van der Waals surface area contributed by atoms with Gasteiger partial charge in [-0.3, -0.25) is 0 Å². The van der Waals surface area contributed by atoms with E-state index in [2.05, 4.69) is 259 Å². The lowest BCUT2D eigenvalue weighted by atomic mass is 9.77. The molecule has 0 bridgehead atoms. The molecule has 0 nitrogen and oxygen atoms in total. The summed E-state index contributed by atoms with van der Waals surface area (Å²) >= 11 is 0. The molecule has 0 amide bonds. The summed E-state index contributed by atoms with van der Waals surface area (Å²) in [5.74, 6) is 3.70. The topological polar surface area (TPSA) is 0 Å². The van der Waals surface area contributed by atoms with Gasteiger partial charge in [0.25, 0.3) is 0 Å². The molecule has 2 fully saturated rings. The van der Waals surface area contributed by atoms with Gasteiger partial charge in [-0.05, 0) is 209 Å². The number of fused-ring (bicyclic) bond motifs is 3. The van der Waals surface area contributed by atoms with Gasteiger partial charge in [0.05, 0.1) is 0 Å². The summed E-state index contributed by atoms with van der Waals surface area (Å²) < 4.78 is 0. The number of hydrogen-bond donors (Lipinski definition) is 0. The Bertz CT molecular complexity index is 3640. The molecule has 0 heteroatoms. The molecule has 3 atom stereocenters. The number of allylic oxidation sites excluding steroid dienone is 28. The van der Waals surface area contributed by atoms with Crippen molar-refractivity contribution in [1.82, 2.24) is 0 Å². The highest BCUT2D eigenvalue weighted by atomic mass is 14.3. The molecule has 0 spiro atoms. The zero-order valence-electron chi connectivity index (χ0n) is 50.9. The average molecular weight is 1100 g/mol. The van der Waals surface area contributed by atoms with E-state index in [0.29, 0.717) is 17.8 Å². The van der Waals surface area contributed by atoms with Gasteiger partial charge in [0, 0.05) is 17.8 Å². The van der Waals surface area contributed by atoms with Crippen molar-refractivity contribution in [3.8, 4) is 0 Å². The van der Waals surface area contributed by atoms with Gasteiger partial charge in [-0.1, -0.05) is 282 Å². The van der Waals surface area contributed by atoms with Gasteiger partial charge in [-0.25, -0.2) is 0 Å². The zero-order chi connectivity index (χ0) is 57.4. The van der Waals surface area contributed by atoms with E-state index in [1.807, 2.05) is 0 Å². The van der Waals surface area contributed by atoms with Crippen LogP contribution in [0.1, 0.15) is 158 Å². The van der Waals surface area contributed by atoms with Gasteiger partial charge in [0.15, 0.2) is 0 Å². The van der Waals surface area contributed by atoms with E-state index in [-0.39, 0.29) is 0 Å². The van der Waals surface area contributed by atoms with Gasteiger partial charge in [-0.2, -0.15) is 0 Å². The Morgan fingerprint density at radius 2 is 0.881 bits per heavy atom. The Kier molecular flexibility index (Phi) is 18.0. The van der Waals surface area contributed by atoms with Crippen LogP contribution in [0.15, 0.2) is 269 Å². The zero-order valence-corrected chi connectivity index (χ0v) is 50.9. The molecule has 5 aromatic rings. The first-order valence-corrected chi connectivity index (χ1v) is 32.4. The molecule has 0 aromatic heterocycles. The minimum Gasteiger partial charge on any atom is -0.0836 e. The fourth-order valence-corrected chi connectivity index (χ4v) is 14.7. The van der Waals surface area contributed by atoms with E-state index in [9.17, 15) is 0 Å². The summed E-state index contributed by atoms with van der Waals surface area (Å²) in [4.78, 5) is 0. The van der Waals surface area contributed by atoms with Crippen molar-refractivity contribution in [3.63, 3.8) is 0 Å². The molecule has 3 unspecified atom stereocenters. The van der Waals surface area contributed by atoms with Crippen molar-refractivity contribution in [2.45, 2.75) is 143 Å². The molecule has 424 valence electrons. The fraction of sp³-hybridized carbons (Fsp3) is 0.310. The molecule has 5 aromatic carbocycles. The van der Waals surface area contributed by atoms with Crippen LogP contribution >= 0.6 is 0 Å². The van der Waals surface area contributed by atoms with Crippen molar-refractivity contribution in [3.05, 3.63) is 330 Å². The van der Waals surface area contributed by atoms with E-state index < -0.39 is 0 Å². The molecule has 0 heterocycles. The van der Waals surface area contributed by atoms with Crippen LogP contribution in [0.5, 0.6) is 0 Å². The van der Waals surface area contributed by atoms with E-state index in [1.54, 1.807) is 11.1 Å². The van der Waals surface area contributed by atoms with Gasteiger partial charge in [-0.15, -0.1) is 0 Å². The first-order valence-electron chi connectivity index (χ1n) is 32.4. The van der Waals surface area contributed by atoms with Gasteiger partial charge in [0.1, 0.15) is 0 Å². The Morgan fingerprint density at radius 3 is 1.40 bits per heavy atom. The summed E-state index contributed by atoms with van der Waals surface area (Å²) in [7, 11) is 0. The lowest BCUT2D eigenvalue weighted by Crippen LogP contribution is -2.12. The number of rotatable bonds is 12. The van der Waals surface area contributed by atoms with Gasteiger partial charge >= 0.3 is 0 Å². The standard InChI is InChI=1S/C32H36.C29H30.C23H22/c1-4-24-10-15-27(16-11-24)31-19-17-28(30-6-5-7-32(30)31)21-25-12-18-29(23(3)20-25)26-13-8-22(2)9-14-26;1-21-10-14-25(15-11-21)28-19-18-26(27-8-5-9-29(27)28)20-22-12-16-24(17-13-22)23-6-3-2-4-7-23;1-17-10-12-18(13-11-17)16-20-14-15-22(19-6-3-2-4-7-19)23-9-5-8-21(20)23/h5-7,10-12,15-20,22,26,32H,4,8-9,13-14,21H2,1-3H3;5,8-19,23,29H,2-4,6-7,20H2,1H3;3,5-15,23H,2,4,16H2,1H3. The fourth-order valence-electron chi connectivity index (χ4n) is 14.7. The maximum atomic E-state index is 2.45. The van der Waals surface area contributed by atoms with Crippen molar-refractivity contribution >= 4 is 11.1 Å². The predicted molar refractivity (Wildman–Crippen MR) is 360 cm³/mol. The van der Waals surface area contributed by atoms with E-state index in [4.69, 9.17) is 0 Å². The van der Waals surface area contributed by atoms with Gasteiger partial charge in [0.2, 0.25) is 0 Å². The Hall–Kier alpha value is -7.54. The first kappa shape index (κ1) is 56.9. The van der Waals surface area contributed by atoms with Crippen molar-refractivity contribution in [2.75, 3.05) is 0 Å². The third kappa shape index (κ3) is 13.2. The molecule has 0 aliphatic heterocycles. The molecule has 0 radical (unpaired) electrons. The maximum Gasteiger partial charge on any atom is 0.0281 e. The van der Waals surface area contributed by atoms with Gasteiger partial charge < -0.3 is 0 Å². The summed E-state index contributed by atoms with van der Waals surface area (Å²) in [6.45, 7) is 11.2. The minimum absolute atomic E-state index is 0.395. The predicted octanol–water partition coefficient (Wildman–Crippen LogP) is 22.0. The van der Waals surface area contributed by atoms with E-state index in [1.165, 1.54) is 176 Å². The first-order chi connectivity index (χ1) is 41.2. The van der Waals surface area contributed by atoms with Crippen molar-refractivity contribution in [1.29, 1.82) is 0 Å². The second-order valence-electron chi connectivity index (χ2n) is 25.7. The molecule has 2 saturated carbocycles. The summed E-state index contributed by atoms with van der Waals surface area (Å²) in [6.07, 6.45) is 60.7.